The summed E-state index contributed by atoms with van der Waals surface area (Å²) in [5.74, 6) is -0.996. The predicted molar refractivity (Wildman–Crippen MR) is 119 cm³/mol. The zero-order valence-corrected chi connectivity index (χ0v) is 18.2. The van der Waals surface area contributed by atoms with Crippen LogP contribution in [0.4, 0.5) is 0 Å². The highest BCUT2D eigenvalue weighted by Crippen LogP contribution is 2.40. The summed E-state index contributed by atoms with van der Waals surface area (Å²) < 4.78 is 6.25. The first-order valence-corrected chi connectivity index (χ1v) is 10.4. The molecule has 1 aromatic heterocycles. The van der Waals surface area contributed by atoms with Crippen LogP contribution in [0.3, 0.4) is 0 Å². The Kier molecular flexibility index (Phi) is 5.86. The van der Waals surface area contributed by atoms with Gasteiger partial charge in [-0.1, -0.05) is 46.3 Å². The highest BCUT2D eigenvalue weighted by Gasteiger charge is 2.46. The van der Waals surface area contributed by atoms with Crippen LogP contribution >= 0.6 is 15.9 Å². The number of likely N-dealkylation sites (tertiary alicyclic amines) is 1. The van der Waals surface area contributed by atoms with E-state index in [2.05, 4.69) is 20.9 Å². The zero-order chi connectivity index (χ0) is 22.0. The summed E-state index contributed by atoms with van der Waals surface area (Å²) in [7, 11) is 1.56. The van der Waals surface area contributed by atoms with E-state index in [1.54, 1.807) is 62.0 Å². The number of aliphatic hydroxyl groups is 1. The normalized spacial score (nSPS) is 17.7. The van der Waals surface area contributed by atoms with E-state index in [9.17, 15) is 14.7 Å². The van der Waals surface area contributed by atoms with Gasteiger partial charge in [0.2, 0.25) is 0 Å². The maximum atomic E-state index is 13.1. The molecule has 0 saturated carbocycles. The average Bonchev–Trinajstić information content (AvgIpc) is 3.05. The number of methoxy groups -OCH3 is 1. The number of pyridine rings is 1. The number of Topliss-reactive ketones (excluding diaryl/α,β-unsaturated/α-hetero) is 1. The van der Waals surface area contributed by atoms with Crippen molar-refractivity contribution in [2.24, 2.45) is 0 Å². The van der Waals surface area contributed by atoms with Gasteiger partial charge < -0.3 is 14.7 Å². The molecule has 7 heteroatoms. The molecule has 1 fully saturated rings. The van der Waals surface area contributed by atoms with Crippen molar-refractivity contribution in [3.8, 4) is 5.75 Å². The molecule has 3 aromatic rings. The minimum atomic E-state index is -0.753. The SMILES string of the molecule is COc1ccccc1CN1C(=O)C(=O)/C(=C(/O)c2ccc(Br)cc2)C1c1ccncc1. The minimum absolute atomic E-state index is 0.0495. The van der Waals surface area contributed by atoms with Crippen molar-refractivity contribution in [3.05, 3.63) is 99.8 Å². The summed E-state index contributed by atoms with van der Waals surface area (Å²) in [6, 6.07) is 17.0. The summed E-state index contributed by atoms with van der Waals surface area (Å²) in [6.07, 6.45) is 3.19. The molecule has 31 heavy (non-hydrogen) atoms. The van der Waals surface area contributed by atoms with Crippen molar-refractivity contribution < 1.29 is 19.4 Å². The van der Waals surface area contributed by atoms with E-state index in [1.165, 1.54) is 4.90 Å². The van der Waals surface area contributed by atoms with Gasteiger partial charge in [0.25, 0.3) is 11.7 Å². The summed E-state index contributed by atoms with van der Waals surface area (Å²) in [4.78, 5) is 31.6. The predicted octanol–water partition coefficient (Wildman–Crippen LogP) is 4.47. The minimum Gasteiger partial charge on any atom is -0.507 e. The molecule has 1 saturated heterocycles. The lowest BCUT2D eigenvalue weighted by molar-refractivity contribution is -0.140. The number of ketones is 1. The maximum absolute atomic E-state index is 13.1. The van der Waals surface area contributed by atoms with Crippen LogP contribution in [-0.4, -0.2) is 33.8 Å². The molecule has 1 amide bonds. The van der Waals surface area contributed by atoms with Crippen LogP contribution in [0.1, 0.15) is 22.7 Å². The highest BCUT2D eigenvalue weighted by atomic mass is 79.9. The van der Waals surface area contributed by atoms with Crippen LogP contribution in [-0.2, 0) is 16.1 Å². The van der Waals surface area contributed by atoms with E-state index >= 15 is 0 Å². The van der Waals surface area contributed by atoms with Crippen molar-refractivity contribution in [1.82, 2.24) is 9.88 Å². The van der Waals surface area contributed by atoms with E-state index in [-0.39, 0.29) is 17.9 Å². The second kappa shape index (κ2) is 8.73. The number of nitrogens with zero attached hydrogens (tertiary/aromatic N) is 2. The fourth-order valence-electron chi connectivity index (χ4n) is 3.72. The van der Waals surface area contributed by atoms with Crippen LogP contribution in [0.15, 0.2) is 83.1 Å². The summed E-state index contributed by atoms with van der Waals surface area (Å²) in [5.41, 5.74) is 1.95. The van der Waals surface area contributed by atoms with E-state index in [0.29, 0.717) is 16.9 Å². The molecule has 0 aliphatic carbocycles. The standard InChI is InChI=1S/C24H19BrN2O4/c1-31-19-5-3-2-4-17(19)14-27-21(15-10-12-26-13-11-15)20(23(29)24(27)30)22(28)16-6-8-18(25)9-7-16/h2-13,21,28H,14H2,1H3/b22-20+. The molecule has 4 rings (SSSR count). The number of ether oxygens (including phenoxy) is 1. The molecule has 1 aliphatic rings. The Morgan fingerprint density at radius 3 is 2.42 bits per heavy atom. The highest BCUT2D eigenvalue weighted by molar-refractivity contribution is 9.10. The Bertz CT molecular complexity index is 1160. The Hall–Kier alpha value is -3.45. The number of amides is 1. The van der Waals surface area contributed by atoms with Crippen LogP contribution in [0.25, 0.3) is 5.76 Å². The third-order valence-corrected chi connectivity index (χ3v) is 5.74. The van der Waals surface area contributed by atoms with Crippen molar-refractivity contribution in [2.75, 3.05) is 7.11 Å². The molecular weight excluding hydrogens is 460 g/mol. The Labute approximate surface area is 187 Å². The first-order chi connectivity index (χ1) is 15.0. The van der Waals surface area contributed by atoms with Gasteiger partial charge in [0.05, 0.1) is 25.3 Å². The first kappa shape index (κ1) is 20.8. The molecule has 0 spiro atoms. The van der Waals surface area contributed by atoms with Gasteiger partial charge >= 0.3 is 0 Å². The van der Waals surface area contributed by atoms with E-state index in [0.717, 1.165) is 10.0 Å². The molecule has 1 N–H and O–H groups in total. The topological polar surface area (TPSA) is 79.7 Å². The largest absolute Gasteiger partial charge is 0.507 e. The number of carbonyl (C=O) groups excluding carboxylic acids is 2. The lowest BCUT2D eigenvalue weighted by Gasteiger charge is -2.26. The van der Waals surface area contributed by atoms with Gasteiger partial charge in [0.1, 0.15) is 11.5 Å². The monoisotopic (exact) mass is 478 g/mol. The van der Waals surface area contributed by atoms with E-state index in [1.807, 2.05) is 18.2 Å². The number of carbonyl (C=O) groups is 2. The fraction of sp³-hybridized carbons (Fsp3) is 0.125. The summed E-state index contributed by atoms with van der Waals surface area (Å²) in [5, 5.41) is 11.0. The third kappa shape index (κ3) is 3.96. The first-order valence-electron chi connectivity index (χ1n) is 9.57. The van der Waals surface area contributed by atoms with Crippen molar-refractivity contribution in [3.63, 3.8) is 0 Å². The van der Waals surface area contributed by atoms with E-state index < -0.39 is 17.7 Å². The Morgan fingerprint density at radius 1 is 1.06 bits per heavy atom. The second-order valence-electron chi connectivity index (χ2n) is 7.03. The lowest BCUT2D eigenvalue weighted by Crippen LogP contribution is -2.29. The van der Waals surface area contributed by atoms with Crippen molar-refractivity contribution in [1.29, 1.82) is 0 Å². The molecule has 1 atom stereocenters. The van der Waals surface area contributed by atoms with Gasteiger partial charge in [-0.05, 0) is 35.9 Å². The van der Waals surface area contributed by atoms with Crippen molar-refractivity contribution >= 4 is 33.4 Å². The summed E-state index contributed by atoms with van der Waals surface area (Å²) >= 11 is 3.36. The number of rotatable bonds is 5. The van der Waals surface area contributed by atoms with Gasteiger partial charge in [0, 0.05) is 28.0 Å². The molecule has 156 valence electrons. The fourth-order valence-corrected chi connectivity index (χ4v) is 3.98. The van der Waals surface area contributed by atoms with Crippen LogP contribution in [0.2, 0.25) is 0 Å². The molecule has 2 aromatic carbocycles. The van der Waals surface area contributed by atoms with Crippen LogP contribution < -0.4 is 4.74 Å². The second-order valence-corrected chi connectivity index (χ2v) is 7.94. The smallest absolute Gasteiger partial charge is 0.295 e. The van der Waals surface area contributed by atoms with Gasteiger partial charge in [-0.3, -0.25) is 14.6 Å². The molecule has 0 bridgehead atoms. The van der Waals surface area contributed by atoms with E-state index in [4.69, 9.17) is 4.74 Å². The van der Waals surface area contributed by atoms with Gasteiger partial charge in [-0.25, -0.2) is 0 Å². The quantitative estimate of drug-likeness (QED) is 0.332. The Morgan fingerprint density at radius 2 is 1.74 bits per heavy atom. The molecule has 2 heterocycles. The number of para-hydroxylation sites is 1. The summed E-state index contributed by atoms with van der Waals surface area (Å²) in [6.45, 7) is 0.151. The molecule has 6 nitrogen and oxygen atoms in total. The molecular formula is C24H19BrN2O4. The van der Waals surface area contributed by atoms with Crippen LogP contribution in [0.5, 0.6) is 5.75 Å². The number of aromatic nitrogens is 1. The lowest BCUT2D eigenvalue weighted by atomic mass is 9.96. The molecule has 0 radical (unpaired) electrons. The van der Waals surface area contributed by atoms with Gasteiger partial charge in [-0.2, -0.15) is 0 Å². The number of hydrogen-bond acceptors (Lipinski definition) is 5. The molecule has 1 unspecified atom stereocenters. The maximum Gasteiger partial charge on any atom is 0.295 e. The Balaban J connectivity index is 1.85. The van der Waals surface area contributed by atoms with Crippen molar-refractivity contribution in [2.45, 2.75) is 12.6 Å². The number of benzene rings is 2. The van der Waals surface area contributed by atoms with Crippen LogP contribution in [0, 0.1) is 0 Å². The van der Waals surface area contributed by atoms with Gasteiger partial charge in [-0.15, -0.1) is 0 Å². The number of aliphatic hydroxyl groups excluding tert-OH is 1. The average molecular weight is 479 g/mol. The third-order valence-electron chi connectivity index (χ3n) is 5.21. The number of hydrogen-bond donors (Lipinski definition) is 1. The van der Waals surface area contributed by atoms with Gasteiger partial charge in [0.15, 0.2) is 0 Å². The molecule has 1 aliphatic heterocycles. The number of halogens is 1. The zero-order valence-electron chi connectivity index (χ0n) is 16.7.